The summed E-state index contributed by atoms with van der Waals surface area (Å²) in [5.74, 6) is 0. The fourth-order valence-electron chi connectivity index (χ4n) is 2.19. The molecule has 2 unspecified atom stereocenters. The Hall–Kier alpha value is -0.120. The lowest BCUT2D eigenvalue weighted by Gasteiger charge is -2.31. The van der Waals surface area contributed by atoms with Crippen LogP contribution in [-0.4, -0.2) is 49.8 Å². The van der Waals surface area contributed by atoms with E-state index >= 15 is 0 Å². The van der Waals surface area contributed by atoms with Crippen molar-refractivity contribution < 1.29 is 4.74 Å². The van der Waals surface area contributed by atoms with E-state index in [9.17, 15) is 0 Å². The molecule has 2 atom stereocenters. The van der Waals surface area contributed by atoms with Crippen LogP contribution in [0.2, 0.25) is 0 Å². The van der Waals surface area contributed by atoms with Gasteiger partial charge in [0, 0.05) is 24.7 Å². The van der Waals surface area contributed by atoms with Crippen LogP contribution in [0, 0.1) is 0 Å². The van der Waals surface area contributed by atoms with Gasteiger partial charge in [-0.1, -0.05) is 0 Å². The van der Waals surface area contributed by atoms with Gasteiger partial charge in [0.05, 0.1) is 13.2 Å². The summed E-state index contributed by atoms with van der Waals surface area (Å²) in [5, 5.41) is 3.51. The van der Waals surface area contributed by atoms with Gasteiger partial charge in [-0.3, -0.25) is 0 Å². The van der Waals surface area contributed by atoms with Crippen molar-refractivity contribution in [2.24, 2.45) is 0 Å². The molecule has 0 bridgehead atoms. The SMILES string of the molecule is CC(CC1COCCN1)N(C)C1CC1. The molecule has 0 radical (unpaired) electrons. The minimum atomic E-state index is 0.569. The molecule has 2 fully saturated rings. The molecule has 3 heteroatoms. The normalized spacial score (nSPS) is 30.6. The van der Waals surface area contributed by atoms with Crippen molar-refractivity contribution in [3.63, 3.8) is 0 Å². The van der Waals surface area contributed by atoms with Crippen LogP contribution in [0.4, 0.5) is 0 Å². The summed E-state index contributed by atoms with van der Waals surface area (Å²) < 4.78 is 5.46. The average Bonchev–Trinajstić information content (AvgIpc) is 3.01. The molecule has 1 aliphatic carbocycles. The lowest BCUT2D eigenvalue weighted by atomic mass is 10.1. The summed E-state index contributed by atoms with van der Waals surface area (Å²) in [6, 6.07) is 2.12. The number of hydrogen-bond donors (Lipinski definition) is 1. The monoisotopic (exact) mass is 198 g/mol. The van der Waals surface area contributed by atoms with E-state index in [1.165, 1.54) is 19.3 Å². The highest BCUT2D eigenvalue weighted by atomic mass is 16.5. The van der Waals surface area contributed by atoms with Crippen molar-refractivity contribution in [1.82, 2.24) is 10.2 Å². The Bertz CT molecular complexity index is 176. The summed E-state index contributed by atoms with van der Waals surface area (Å²) >= 11 is 0. The van der Waals surface area contributed by atoms with E-state index < -0.39 is 0 Å². The van der Waals surface area contributed by atoms with Crippen LogP contribution in [0.5, 0.6) is 0 Å². The third-order valence-corrected chi connectivity index (χ3v) is 3.44. The highest BCUT2D eigenvalue weighted by Crippen LogP contribution is 2.28. The number of hydrogen-bond acceptors (Lipinski definition) is 3. The third-order valence-electron chi connectivity index (χ3n) is 3.44. The second-order valence-corrected chi connectivity index (χ2v) is 4.71. The molecule has 2 aliphatic rings. The van der Waals surface area contributed by atoms with Gasteiger partial charge < -0.3 is 15.0 Å². The molecule has 1 heterocycles. The largest absolute Gasteiger partial charge is 0.379 e. The summed E-state index contributed by atoms with van der Waals surface area (Å²) in [7, 11) is 2.26. The van der Waals surface area contributed by atoms with E-state index in [4.69, 9.17) is 4.74 Å². The molecule has 0 spiro atoms. The first-order valence-corrected chi connectivity index (χ1v) is 5.80. The summed E-state index contributed by atoms with van der Waals surface area (Å²) in [6.45, 7) is 5.12. The van der Waals surface area contributed by atoms with E-state index in [-0.39, 0.29) is 0 Å². The predicted molar refractivity (Wildman–Crippen MR) is 57.5 cm³/mol. The van der Waals surface area contributed by atoms with Gasteiger partial charge >= 0.3 is 0 Å². The maximum atomic E-state index is 5.46. The molecule has 1 saturated carbocycles. The molecule has 14 heavy (non-hydrogen) atoms. The zero-order valence-corrected chi connectivity index (χ0v) is 9.33. The van der Waals surface area contributed by atoms with E-state index in [0.717, 1.165) is 25.8 Å². The molecule has 0 aromatic carbocycles. The smallest absolute Gasteiger partial charge is 0.0620 e. The topological polar surface area (TPSA) is 24.5 Å². The number of rotatable bonds is 4. The Labute approximate surface area is 86.8 Å². The maximum absolute atomic E-state index is 5.46. The summed E-state index contributed by atoms with van der Waals surface area (Å²) in [4.78, 5) is 2.52. The number of ether oxygens (including phenoxy) is 1. The average molecular weight is 198 g/mol. The molecule has 1 N–H and O–H groups in total. The van der Waals surface area contributed by atoms with Crippen LogP contribution < -0.4 is 5.32 Å². The fraction of sp³-hybridized carbons (Fsp3) is 1.00. The third kappa shape index (κ3) is 2.69. The number of morpholine rings is 1. The van der Waals surface area contributed by atoms with Crippen molar-refractivity contribution in [3.8, 4) is 0 Å². The van der Waals surface area contributed by atoms with E-state index in [1.54, 1.807) is 0 Å². The van der Waals surface area contributed by atoms with Crippen LogP contribution in [0.3, 0.4) is 0 Å². The van der Waals surface area contributed by atoms with E-state index in [1.807, 2.05) is 0 Å². The van der Waals surface area contributed by atoms with Crippen LogP contribution in [-0.2, 0) is 4.74 Å². The second-order valence-electron chi connectivity index (χ2n) is 4.71. The Balaban J connectivity index is 1.71. The Morgan fingerprint density at radius 2 is 2.29 bits per heavy atom. The standard InChI is InChI=1S/C11H22N2O/c1-9(13(2)11-3-4-11)7-10-8-14-6-5-12-10/h9-12H,3-8H2,1-2H3. The molecular formula is C11H22N2O. The number of nitrogens with one attached hydrogen (secondary N) is 1. The molecule has 3 nitrogen and oxygen atoms in total. The molecule has 0 aromatic heterocycles. The Morgan fingerprint density at radius 1 is 1.50 bits per heavy atom. The minimum Gasteiger partial charge on any atom is -0.379 e. The van der Waals surface area contributed by atoms with Crippen molar-refractivity contribution in [1.29, 1.82) is 0 Å². The maximum Gasteiger partial charge on any atom is 0.0620 e. The lowest BCUT2D eigenvalue weighted by Crippen LogP contribution is -2.45. The quantitative estimate of drug-likeness (QED) is 0.725. The Kier molecular flexibility index (Phi) is 3.42. The van der Waals surface area contributed by atoms with Crippen LogP contribution in [0.15, 0.2) is 0 Å². The van der Waals surface area contributed by atoms with Crippen LogP contribution in [0.1, 0.15) is 26.2 Å². The molecule has 1 aliphatic heterocycles. The van der Waals surface area contributed by atoms with Gasteiger partial charge in [-0.2, -0.15) is 0 Å². The Morgan fingerprint density at radius 3 is 2.86 bits per heavy atom. The molecule has 0 aromatic rings. The van der Waals surface area contributed by atoms with Crippen molar-refractivity contribution in [2.45, 2.75) is 44.3 Å². The minimum absolute atomic E-state index is 0.569. The first-order valence-electron chi connectivity index (χ1n) is 5.80. The predicted octanol–water partition coefficient (Wildman–Crippen LogP) is 0.848. The molecule has 82 valence electrons. The zero-order chi connectivity index (χ0) is 9.97. The van der Waals surface area contributed by atoms with Gasteiger partial charge in [-0.15, -0.1) is 0 Å². The van der Waals surface area contributed by atoms with Gasteiger partial charge in [0.1, 0.15) is 0 Å². The molecule has 2 rings (SSSR count). The molecular weight excluding hydrogens is 176 g/mol. The van der Waals surface area contributed by atoms with Crippen molar-refractivity contribution >= 4 is 0 Å². The van der Waals surface area contributed by atoms with Gasteiger partial charge in [-0.05, 0) is 33.2 Å². The van der Waals surface area contributed by atoms with Gasteiger partial charge in [0.2, 0.25) is 0 Å². The van der Waals surface area contributed by atoms with E-state index in [2.05, 4.69) is 24.2 Å². The zero-order valence-electron chi connectivity index (χ0n) is 9.33. The first kappa shape index (κ1) is 10.4. The van der Waals surface area contributed by atoms with Gasteiger partial charge in [0.15, 0.2) is 0 Å². The highest BCUT2D eigenvalue weighted by molar-refractivity contribution is 4.87. The summed E-state index contributed by atoms with van der Waals surface area (Å²) in [5.41, 5.74) is 0. The fourth-order valence-corrected chi connectivity index (χ4v) is 2.19. The van der Waals surface area contributed by atoms with Gasteiger partial charge in [-0.25, -0.2) is 0 Å². The molecule has 0 amide bonds. The van der Waals surface area contributed by atoms with Gasteiger partial charge in [0.25, 0.3) is 0 Å². The van der Waals surface area contributed by atoms with Crippen LogP contribution >= 0.6 is 0 Å². The number of nitrogens with zero attached hydrogens (tertiary/aromatic N) is 1. The summed E-state index contributed by atoms with van der Waals surface area (Å²) in [6.07, 6.45) is 4.01. The molecule has 1 saturated heterocycles. The van der Waals surface area contributed by atoms with E-state index in [0.29, 0.717) is 12.1 Å². The lowest BCUT2D eigenvalue weighted by molar-refractivity contribution is 0.0638. The van der Waals surface area contributed by atoms with Crippen molar-refractivity contribution in [2.75, 3.05) is 26.8 Å². The second kappa shape index (κ2) is 4.60. The first-order chi connectivity index (χ1) is 6.77. The van der Waals surface area contributed by atoms with Crippen molar-refractivity contribution in [3.05, 3.63) is 0 Å². The highest BCUT2D eigenvalue weighted by Gasteiger charge is 2.30. The van der Waals surface area contributed by atoms with Crippen LogP contribution in [0.25, 0.3) is 0 Å².